The Balaban J connectivity index is 3.90. The first-order valence-electron chi connectivity index (χ1n) is 4.50. The number of nitrogens with one attached hydrogen (secondary N) is 2. The molecule has 0 rings (SSSR count). The number of aliphatic carboxylic acids is 1. The lowest BCUT2D eigenvalue weighted by Gasteiger charge is -2.19. The van der Waals surface area contributed by atoms with E-state index in [4.69, 9.17) is 5.11 Å². The Bertz CT molecular complexity index is 273. The van der Waals surface area contributed by atoms with Gasteiger partial charge in [-0.05, 0) is 13.8 Å². The molecule has 0 spiro atoms. The number of carbonyl (C=O) groups excluding carboxylic acids is 2. The Hall–Kier alpha value is -1.59. The molecule has 0 saturated carbocycles. The highest BCUT2D eigenvalue weighted by molar-refractivity contribution is 5.84. The molecule has 0 aliphatic rings. The number of hydrogen-bond donors (Lipinski definition) is 3. The Kier molecular flexibility index (Phi) is 4.77. The van der Waals surface area contributed by atoms with Crippen LogP contribution in [-0.4, -0.2) is 36.0 Å². The van der Waals surface area contributed by atoms with Crippen LogP contribution in [0.15, 0.2) is 0 Å². The Labute approximate surface area is 88.0 Å². The zero-order valence-corrected chi connectivity index (χ0v) is 9.09. The second-order valence-electron chi connectivity index (χ2n) is 3.88. The van der Waals surface area contributed by atoms with Crippen LogP contribution in [0.4, 0.5) is 0 Å². The molecule has 0 aliphatic carbocycles. The van der Waals surface area contributed by atoms with Gasteiger partial charge in [-0.3, -0.25) is 14.4 Å². The van der Waals surface area contributed by atoms with Crippen LogP contribution in [0.1, 0.15) is 20.8 Å². The highest BCUT2D eigenvalue weighted by Crippen LogP contribution is 2.12. The van der Waals surface area contributed by atoms with Gasteiger partial charge in [0.25, 0.3) is 0 Å². The van der Waals surface area contributed by atoms with E-state index in [-0.39, 0.29) is 19.0 Å². The van der Waals surface area contributed by atoms with Crippen molar-refractivity contribution in [2.45, 2.75) is 20.8 Å². The van der Waals surface area contributed by atoms with Crippen LogP contribution in [0, 0.1) is 5.41 Å². The van der Waals surface area contributed by atoms with Crippen LogP contribution in [-0.2, 0) is 14.4 Å². The van der Waals surface area contributed by atoms with Gasteiger partial charge in [0, 0.05) is 13.5 Å². The molecular weight excluding hydrogens is 200 g/mol. The highest BCUT2D eigenvalue weighted by Gasteiger charge is 2.27. The van der Waals surface area contributed by atoms with E-state index >= 15 is 0 Å². The molecule has 0 aromatic heterocycles. The molecule has 0 heterocycles. The van der Waals surface area contributed by atoms with E-state index in [1.165, 1.54) is 20.8 Å². The van der Waals surface area contributed by atoms with Gasteiger partial charge >= 0.3 is 5.97 Å². The number of rotatable bonds is 5. The van der Waals surface area contributed by atoms with Crippen molar-refractivity contribution >= 4 is 17.8 Å². The van der Waals surface area contributed by atoms with Crippen molar-refractivity contribution < 1.29 is 19.5 Å². The fraction of sp³-hybridized carbons (Fsp3) is 0.667. The summed E-state index contributed by atoms with van der Waals surface area (Å²) in [5.74, 6) is -1.69. The lowest BCUT2D eigenvalue weighted by atomic mass is 9.94. The maximum Gasteiger partial charge on any atom is 0.310 e. The standard InChI is InChI=1S/C9H16N2O4/c1-6(12)10-4-7(13)11-5-9(2,3)8(14)15/h4-5H2,1-3H3,(H,10,12)(H,11,13)(H,14,15). The van der Waals surface area contributed by atoms with Gasteiger partial charge in [0.05, 0.1) is 12.0 Å². The van der Waals surface area contributed by atoms with Gasteiger partial charge in [0.2, 0.25) is 11.8 Å². The minimum absolute atomic E-state index is 0.0285. The zero-order valence-electron chi connectivity index (χ0n) is 9.09. The smallest absolute Gasteiger partial charge is 0.310 e. The summed E-state index contributed by atoms with van der Waals surface area (Å²) in [7, 11) is 0. The topological polar surface area (TPSA) is 95.5 Å². The van der Waals surface area contributed by atoms with E-state index in [1.54, 1.807) is 0 Å². The molecule has 0 atom stereocenters. The van der Waals surface area contributed by atoms with Crippen LogP contribution >= 0.6 is 0 Å². The summed E-state index contributed by atoms with van der Waals surface area (Å²) >= 11 is 0. The Morgan fingerprint density at radius 1 is 1.20 bits per heavy atom. The molecule has 15 heavy (non-hydrogen) atoms. The van der Waals surface area contributed by atoms with Crippen molar-refractivity contribution in [3.05, 3.63) is 0 Å². The van der Waals surface area contributed by atoms with Crippen LogP contribution in [0.3, 0.4) is 0 Å². The van der Waals surface area contributed by atoms with E-state index in [0.29, 0.717) is 0 Å². The summed E-state index contributed by atoms with van der Waals surface area (Å²) < 4.78 is 0. The summed E-state index contributed by atoms with van der Waals surface area (Å²) in [6.45, 7) is 4.21. The highest BCUT2D eigenvalue weighted by atomic mass is 16.4. The van der Waals surface area contributed by atoms with Crippen molar-refractivity contribution in [2.24, 2.45) is 5.41 Å². The Morgan fingerprint density at radius 3 is 2.13 bits per heavy atom. The second-order valence-corrected chi connectivity index (χ2v) is 3.88. The van der Waals surface area contributed by atoms with Crippen molar-refractivity contribution in [3.8, 4) is 0 Å². The second kappa shape index (κ2) is 5.33. The van der Waals surface area contributed by atoms with Gasteiger partial charge in [0.1, 0.15) is 0 Å². The molecule has 6 heteroatoms. The average Bonchev–Trinajstić information content (AvgIpc) is 2.11. The van der Waals surface area contributed by atoms with Crippen molar-refractivity contribution in [1.82, 2.24) is 10.6 Å². The quantitative estimate of drug-likeness (QED) is 0.569. The fourth-order valence-corrected chi connectivity index (χ4v) is 0.662. The predicted octanol–water partition coefficient (Wildman–Crippen LogP) is -0.650. The van der Waals surface area contributed by atoms with Crippen LogP contribution in [0.5, 0.6) is 0 Å². The largest absolute Gasteiger partial charge is 0.481 e. The third-order valence-corrected chi connectivity index (χ3v) is 1.80. The molecule has 3 N–H and O–H groups in total. The van der Waals surface area contributed by atoms with E-state index in [0.717, 1.165) is 0 Å². The molecule has 0 radical (unpaired) electrons. The molecule has 6 nitrogen and oxygen atoms in total. The first-order chi connectivity index (χ1) is 6.75. The molecule has 0 bridgehead atoms. The number of amides is 2. The van der Waals surface area contributed by atoms with Gasteiger partial charge in [0.15, 0.2) is 0 Å². The number of carboxylic acid groups (broad SMARTS) is 1. The molecule has 0 aliphatic heterocycles. The molecule has 0 unspecified atom stereocenters. The minimum Gasteiger partial charge on any atom is -0.481 e. The molecule has 0 aromatic rings. The fourth-order valence-electron chi connectivity index (χ4n) is 0.662. The van der Waals surface area contributed by atoms with E-state index in [9.17, 15) is 14.4 Å². The van der Waals surface area contributed by atoms with Crippen LogP contribution in [0.2, 0.25) is 0 Å². The monoisotopic (exact) mass is 216 g/mol. The van der Waals surface area contributed by atoms with E-state index < -0.39 is 17.3 Å². The zero-order chi connectivity index (χ0) is 12.1. The number of carboxylic acids is 1. The molecule has 0 aromatic carbocycles. The summed E-state index contributed by atoms with van der Waals surface area (Å²) in [6.07, 6.45) is 0. The molecule has 0 saturated heterocycles. The molecular formula is C9H16N2O4. The SMILES string of the molecule is CC(=O)NCC(=O)NCC(C)(C)C(=O)O. The van der Waals surface area contributed by atoms with Gasteiger partial charge in [-0.2, -0.15) is 0 Å². The van der Waals surface area contributed by atoms with Crippen molar-refractivity contribution in [3.63, 3.8) is 0 Å². The normalized spacial score (nSPS) is 10.6. The average molecular weight is 216 g/mol. The third kappa shape index (κ3) is 5.66. The molecule has 86 valence electrons. The maximum atomic E-state index is 11.1. The first-order valence-corrected chi connectivity index (χ1v) is 4.50. The molecule has 0 fully saturated rings. The van der Waals surface area contributed by atoms with Gasteiger partial charge < -0.3 is 15.7 Å². The lowest BCUT2D eigenvalue weighted by molar-refractivity contribution is -0.146. The lowest BCUT2D eigenvalue weighted by Crippen LogP contribution is -2.42. The van der Waals surface area contributed by atoms with Crippen molar-refractivity contribution in [2.75, 3.05) is 13.1 Å². The minimum atomic E-state index is -1.01. The number of carbonyl (C=O) groups is 3. The summed E-state index contributed by atoms with van der Waals surface area (Å²) in [6, 6.07) is 0. The Morgan fingerprint density at radius 2 is 1.73 bits per heavy atom. The third-order valence-electron chi connectivity index (χ3n) is 1.80. The first kappa shape index (κ1) is 13.4. The maximum absolute atomic E-state index is 11.1. The van der Waals surface area contributed by atoms with Gasteiger partial charge in [-0.1, -0.05) is 0 Å². The summed E-state index contributed by atoms with van der Waals surface area (Å²) in [5, 5.41) is 13.5. The molecule has 2 amide bonds. The van der Waals surface area contributed by atoms with Crippen LogP contribution in [0.25, 0.3) is 0 Å². The summed E-state index contributed by atoms with van der Waals surface area (Å²) in [4.78, 5) is 32.2. The van der Waals surface area contributed by atoms with Gasteiger partial charge in [-0.15, -0.1) is 0 Å². The van der Waals surface area contributed by atoms with Crippen LogP contribution < -0.4 is 10.6 Å². The predicted molar refractivity (Wildman–Crippen MR) is 53.1 cm³/mol. The van der Waals surface area contributed by atoms with Crippen molar-refractivity contribution in [1.29, 1.82) is 0 Å². The summed E-state index contributed by atoms with van der Waals surface area (Å²) in [5.41, 5.74) is -1.01. The number of hydrogen-bond acceptors (Lipinski definition) is 3. The van der Waals surface area contributed by atoms with E-state index in [2.05, 4.69) is 10.6 Å². The van der Waals surface area contributed by atoms with Gasteiger partial charge in [-0.25, -0.2) is 0 Å². The van der Waals surface area contributed by atoms with E-state index in [1.807, 2.05) is 0 Å².